The van der Waals surface area contributed by atoms with E-state index in [9.17, 15) is 19.1 Å². The first-order valence-corrected chi connectivity index (χ1v) is 12.6. The van der Waals surface area contributed by atoms with Crippen LogP contribution in [0.15, 0.2) is 18.2 Å². The molecule has 1 aliphatic carbocycles. The molecule has 2 saturated heterocycles. The number of halogens is 1. The van der Waals surface area contributed by atoms with Gasteiger partial charge < -0.3 is 19.6 Å². The summed E-state index contributed by atoms with van der Waals surface area (Å²) >= 11 is 0. The molecule has 9 heteroatoms. The molecule has 0 bridgehead atoms. The topological polar surface area (TPSA) is 87.9 Å². The first kappa shape index (κ1) is 23.9. The molecule has 0 saturated carbocycles. The summed E-state index contributed by atoms with van der Waals surface area (Å²) in [5, 5.41) is 14.0. The van der Waals surface area contributed by atoms with Crippen LogP contribution in [0.4, 0.5) is 4.39 Å². The smallest absolute Gasteiger partial charge is 0.274 e. The first-order valence-electron chi connectivity index (χ1n) is 12.6. The molecular formula is C26H33FN4O4. The maximum atomic E-state index is 13.5. The highest BCUT2D eigenvalue weighted by atomic mass is 19.1. The van der Waals surface area contributed by atoms with Crippen LogP contribution in [0, 0.1) is 12.7 Å². The Morgan fingerprint density at radius 1 is 1.17 bits per heavy atom. The van der Waals surface area contributed by atoms with Gasteiger partial charge in [-0.05, 0) is 68.2 Å². The maximum absolute atomic E-state index is 13.5. The van der Waals surface area contributed by atoms with Gasteiger partial charge in [0, 0.05) is 37.4 Å². The van der Waals surface area contributed by atoms with E-state index in [-0.39, 0.29) is 36.9 Å². The molecule has 8 nitrogen and oxygen atoms in total. The molecule has 1 aromatic carbocycles. The number of likely N-dealkylation sites (tertiary alicyclic amines) is 1. The highest BCUT2D eigenvalue weighted by Crippen LogP contribution is 2.31. The quantitative estimate of drug-likeness (QED) is 0.702. The number of morpholine rings is 1. The van der Waals surface area contributed by atoms with Crippen LogP contribution in [-0.2, 0) is 28.9 Å². The summed E-state index contributed by atoms with van der Waals surface area (Å²) < 4.78 is 20.7. The van der Waals surface area contributed by atoms with Gasteiger partial charge in [-0.1, -0.05) is 6.07 Å². The molecule has 3 aliphatic rings. The number of amides is 2. The molecular weight excluding hydrogens is 451 g/mol. The molecule has 1 aromatic heterocycles. The van der Waals surface area contributed by atoms with Gasteiger partial charge in [0.2, 0.25) is 5.91 Å². The Balaban J connectivity index is 1.24. The predicted octanol–water partition coefficient (Wildman–Crippen LogP) is 2.06. The zero-order valence-corrected chi connectivity index (χ0v) is 20.2. The van der Waals surface area contributed by atoms with Gasteiger partial charge in [-0.15, -0.1) is 0 Å². The zero-order chi connectivity index (χ0) is 24.5. The Bertz CT molecular complexity index is 1110. The number of aromatic nitrogens is 2. The number of piperidine rings is 1. The van der Waals surface area contributed by atoms with E-state index < -0.39 is 0 Å². The first-order chi connectivity index (χ1) is 16.9. The number of hydrogen-bond donors (Lipinski definition) is 1. The van der Waals surface area contributed by atoms with E-state index in [2.05, 4.69) is 5.10 Å². The number of nitrogens with zero attached hydrogens (tertiary/aromatic N) is 4. The summed E-state index contributed by atoms with van der Waals surface area (Å²) in [5.41, 5.74) is 4.52. The second-order valence-corrected chi connectivity index (χ2v) is 9.87. The number of hydrogen-bond acceptors (Lipinski definition) is 5. The molecule has 1 N–H and O–H groups in total. The molecule has 0 radical (unpaired) electrons. The standard InChI is InChI=1S/C26H33FN4O4/c1-17-13-19(27)5-6-21(17)18-7-9-29(10-8-18)24(33)15-31-23-4-2-3-22(23)25(28-31)26(34)30-11-12-35-20(14-30)16-32/h5-6,13,18,20,32H,2-4,7-12,14-16H2,1H3. The molecule has 2 aromatic rings. The second-order valence-electron chi connectivity index (χ2n) is 9.87. The third-order valence-electron chi connectivity index (χ3n) is 7.64. The van der Waals surface area contributed by atoms with Crippen molar-refractivity contribution in [3.63, 3.8) is 0 Å². The van der Waals surface area contributed by atoms with Crippen molar-refractivity contribution < 1.29 is 23.8 Å². The highest BCUT2D eigenvalue weighted by molar-refractivity contribution is 5.94. The minimum absolute atomic E-state index is 0.0159. The largest absolute Gasteiger partial charge is 0.394 e. The lowest BCUT2D eigenvalue weighted by Gasteiger charge is -2.33. The monoisotopic (exact) mass is 484 g/mol. The zero-order valence-electron chi connectivity index (χ0n) is 20.2. The maximum Gasteiger partial charge on any atom is 0.274 e. The van der Waals surface area contributed by atoms with Crippen molar-refractivity contribution >= 4 is 11.8 Å². The Hall–Kier alpha value is -2.78. The number of rotatable bonds is 5. The van der Waals surface area contributed by atoms with Crippen LogP contribution in [0.1, 0.15) is 58.1 Å². The molecule has 1 unspecified atom stereocenters. The second kappa shape index (κ2) is 10.1. The third kappa shape index (κ3) is 4.84. The SMILES string of the molecule is Cc1cc(F)ccc1C1CCN(C(=O)Cn2nc(C(=O)N3CCOC(CO)C3)c3c2CCC3)CC1. The molecule has 2 amide bonds. The van der Waals surface area contributed by atoms with Crippen molar-refractivity contribution in [3.8, 4) is 0 Å². The summed E-state index contributed by atoms with van der Waals surface area (Å²) in [6.07, 6.45) is 3.89. The van der Waals surface area contributed by atoms with Crippen LogP contribution in [0.5, 0.6) is 0 Å². The minimum Gasteiger partial charge on any atom is -0.394 e. The Labute approximate surface area is 204 Å². The molecule has 35 heavy (non-hydrogen) atoms. The van der Waals surface area contributed by atoms with E-state index in [0.717, 1.165) is 54.5 Å². The molecule has 1 atom stereocenters. The Morgan fingerprint density at radius 3 is 2.71 bits per heavy atom. The van der Waals surface area contributed by atoms with E-state index >= 15 is 0 Å². The van der Waals surface area contributed by atoms with Crippen LogP contribution in [0.2, 0.25) is 0 Å². The average Bonchev–Trinajstić information content (AvgIpc) is 3.48. The lowest BCUT2D eigenvalue weighted by molar-refractivity contribution is -0.133. The number of aliphatic hydroxyl groups is 1. The number of fused-ring (bicyclic) bond motifs is 1. The van der Waals surface area contributed by atoms with Gasteiger partial charge in [0.05, 0.1) is 19.3 Å². The van der Waals surface area contributed by atoms with Crippen molar-refractivity contribution in [2.24, 2.45) is 0 Å². The van der Waals surface area contributed by atoms with Crippen molar-refractivity contribution in [1.29, 1.82) is 0 Å². The fourth-order valence-corrected chi connectivity index (χ4v) is 5.74. The normalized spacial score (nSPS) is 20.8. The summed E-state index contributed by atoms with van der Waals surface area (Å²) in [4.78, 5) is 30.0. The third-order valence-corrected chi connectivity index (χ3v) is 7.64. The van der Waals surface area contributed by atoms with E-state index in [0.29, 0.717) is 44.4 Å². The average molecular weight is 485 g/mol. The van der Waals surface area contributed by atoms with Gasteiger partial charge in [-0.25, -0.2) is 4.39 Å². The fourth-order valence-electron chi connectivity index (χ4n) is 5.74. The van der Waals surface area contributed by atoms with E-state index in [1.54, 1.807) is 15.6 Å². The van der Waals surface area contributed by atoms with Crippen LogP contribution in [-0.4, -0.2) is 82.0 Å². The Kier molecular flexibility index (Phi) is 6.88. The van der Waals surface area contributed by atoms with E-state index in [1.807, 2.05) is 17.9 Å². The predicted molar refractivity (Wildman–Crippen MR) is 127 cm³/mol. The molecule has 188 valence electrons. The van der Waals surface area contributed by atoms with Gasteiger partial charge in [-0.2, -0.15) is 5.10 Å². The lowest BCUT2D eigenvalue weighted by atomic mass is 9.87. The molecule has 2 fully saturated rings. The van der Waals surface area contributed by atoms with E-state index in [4.69, 9.17) is 4.74 Å². The number of aliphatic hydroxyl groups excluding tert-OH is 1. The molecule has 3 heterocycles. The van der Waals surface area contributed by atoms with Gasteiger partial charge in [0.25, 0.3) is 5.91 Å². The number of ether oxygens (including phenoxy) is 1. The summed E-state index contributed by atoms with van der Waals surface area (Å²) in [7, 11) is 0. The summed E-state index contributed by atoms with van der Waals surface area (Å²) in [5.74, 6) is -0.0202. The number of carbonyl (C=O) groups is 2. The molecule has 2 aliphatic heterocycles. The lowest BCUT2D eigenvalue weighted by Crippen LogP contribution is -2.47. The van der Waals surface area contributed by atoms with Gasteiger partial charge in [0.15, 0.2) is 5.69 Å². The fraction of sp³-hybridized carbons (Fsp3) is 0.577. The molecule has 5 rings (SSSR count). The van der Waals surface area contributed by atoms with Crippen molar-refractivity contribution in [1.82, 2.24) is 19.6 Å². The van der Waals surface area contributed by atoms with Crippen molar-refractivity contribution in [3.05, 3.63) is 52.1 Å². The highest BCUT2D eigenvalue weighted by Gasteiger charge is 2.33. The van der Waals surface area contributed by atoms with Gasteiger partial charge in [0.1, 0.15) is 12.4 Å². The number of carbonyl (C=O) groups excluding carboxylic acids is 2. The van der Waals surface area contributed by atoms with Crippen molar-refractivity contribution in [2.75, 3.05) is 39.4 Å². The van der Waals surface area contributed by atoms with Crippen LogP contribution >= 0.6 is 0 Å². The van der Waals surface area contributed by atoms with Gasteiger partial charge in [-0.3, -0.25) is 14.3 Å². The van der Waals surface area contributed by atoms with E-state index in [1.165, 1.54) is 6.07 Å². The minimum atomic E-state index is -0.369. The summed E-state index contributed by atoms with van der Waals surface area (Å²) in [6, 6.07) is 4.96. The van der Waals surface area contributed by atoms with Gasteiger partial charge >= 0.3 is 0 Å². The molecule has 0 spiro atoms. The number of benzene rings is 1. The Morgan fingerprint density at radius 2 is 1.97 bits per heavy atom. The van der Waals surface area contributed by atoms with Crippen LogP contribution < -0.4 is 0 Å². The van der Waals surface area contributed by atoms with Crippen molar-refractivity contribution in [2.45, 2.75) is 57.6 Å². The van der Waals surface area contributed by atoms with Crippen LogP contribution in [0.3, 0.4) is 0 Å². The van der Waals surface area contributed by atoms with Crippen LogP contribution in [0.25, 0.3) is 0 Å². The number of aryl methyl sites for hydroxylation is 1. The summed E-state index contributed by atoms with van der Waals surface area (Å²) in [6.45, 7) is 4.48.